The molecule has 0 radical (unpaired) electrons. The summed E-state index contributed by atoms with van der Waals surface area (Å²) in [5.41, 5.74) is 0.954. The molecule has 0 aliphatic heterocycles. The quantitative estimate of drug-likeness (QED) is 0.869. The second-order valence-corrected chi connectivity index (χ2v) is 4.25. The van der Waals surface area contributed by atoms with Crippen molar-refractivity contribution in [3.05, 3.63) is 35.7 Å². The molecule has 2 aromatic rings. The van der Waals surface area contributed by atoms with Gasteiger partial charge in [0.2, 0.25) is 11.7 Å². The predicted octanol–water partition coefficient (Wildman–Crippen LogP) is 1.25. The van der Waals surface area contributed by atoms with Crippen LogP contribution in [0.3, 0.4) is 0 Å². The molecule has 20 heavy (non-hydrogen) atoms. The third-order valence-corrected chi connectivity index (χ3v) is 2.63. The molecule has 0 spiro atoms. The van der Waals surface area contributed by atoms with Crippen LogP contribution in [-0.4, -0.2) is 33.2 Å². The maximum absolute atomic E-state index is 11.9. The Morgan fingerprint density at radius 3 is 2.75 bits per heavy atom. The van der Waals surface area contributed by atoms with E-state index in [4.69, 9.17) is 9.63 Å². The number of aromatic nitrogens is 2. The Kier molecular flexibility index (Phi) is 3.79. The van der Waals surface area contributed by atoms with Gasteiger partial charge < -0.3 is 14.9 Å². The van der Waals surface area contributed by atoms with Gasteiger partial charge in [-0.2, -0.15) is 4.98 Å². The number of amides is 1. The van der Waals surface area contributed by atoms with Crippen LogP contribution >= 0.6 is 0 Å². The number of hydrogen-bond donors (Lipinski definition) is 2. The highest BCUT2D eigenvalue weighted by Gasteiger charge is 2.16. The van der Waals surface area contributed by atoms with Crippen molar-refractivity contribution in [2.75, 3.05) is 0 Å². The molecular weight excluding hydrogens is 262 g/mol. The van der Waals surface area contributed by atoms with E-state index in [1.165, 1.54) is 6.92 Å². The Labute approximate surface area is 114 Å². The number of rotatable bonds is 4. The molecule has 104 valence electrons. The van der Waals surface area contributed by atoms with Gasteiger partial charge in [-0.15, -0.1) is 0 Å². The number of carbonyl (C=O) groups is 2. The molecule has 2 rings (SSSR count). The van der Waals surface area contributed by atoms with Crippen LogP contribution in [0.5, 0.6) is 0 Å². The first-order valence-corrected chi connectivity index (χ1v) is 5.92. The Morgan fingerprint density at radius 2 is 2.15 bits per heavy atom. The fraction of sp³-hybridized carbons (Fsp3) is 0.231. The molecule has 0 aliphatic carbocycles. The molecule has 7 heteroatoms. The summed E-state index contributed by atoms with van der Waals surface area (Å²) in [5, 5.41) is 14.9. The molecule has 1 atom stereocenters. The van der Waals surface area contributed by atoms with Crippen molar-refractivity contribution in [2.24, 2.45) is 0 Å². The first-order chi connectivity index (χ1) is 9.47. The van der Waals surface area contributed by atoms with Crippen LogP contribution in [0.25, 0.3) is 11.4 Å². The zero-order chi connectivity index (χ0) is 14.7. The standard InChI is InChI=1S/C13H13N3O4/c1-7(13(18)19)14-12(17)10-5-3-4-9(6-10)11-15-8(2)20-16-11/h3-7H,1-2H3,(H,14,17)(H,18,19). The van der Waals surface area contributed by atoms with Crippen molar-refractivity contribution in [2.45, 2.75) is 19.9 Å². The van der Waals surface area contributed by atoms with Gasteiger partial charge in [-0.25, -0.2) is 0 Å². The lowest BCUT2D eigenvalue weighted by Crippen LogP contribution is -2.38. The zero-order valence-electron chi connectivity index (χ0n) is 11.0. The molecule has 1 unspecified atom stereocenters. The summed E-state index contributed by atoms with van der Waals surface area (Å²) in [6, 6.07) is 5.61. The molecule has 0 fully saturated rings. The third-order valence-electron chi connectivity index (χ3n) is 2.63. The lowest BCUT2D eigenvalue weighted by Gasteiger charge is -2.09. The van der Waals surface area contributed by atoms with Gasteiger partial charge in [0.25, 0.3) is 5.91 Å². The van der Waals surface area contributed by atoms with Crippen molar-refractivity contribution in [1.29, 1.82) is 0 Å². The largest absolute Gasteiger partial charge is 0.480 e. The Balaban J connectivity index is 2.21. The van der Waals surface area contributed by atoms with Gasteiger partial charge in [0, 0.05) is 18.1 Å². The molecule has 0 aliphatic rings. The second kappa shape index (κ2) is 5.52. The topological polar surface area (TPSA) is 105 Å². The molecule has 0 saturated carbocycles. The van der Waals surface area contributed by atoms with E-state index in [1.807, 2.05) is 0 Å². The third kappa shape index (κ3) is 3.00. The Morgan fingerprint density at radius 1 is 1.40 bits per heavy atom. The van der Waals surface area contributed by atoms with Gasteiger partial charge in [-0.05, 0) is 19.1 Å². The Hall–Kier alpha value is -2.70. The summed E-state index contributed by atoms with van der Waals surface area (Å²) < 4.78 is 4.88. The number of aryl methyl sites for hydroxylation is 1. The van der Waals surface area contributed by atoms with E-state index in [1.54, 1.807) is 31.2 Å². The lowest BCUT2D eigenvalue weighted by atomic mass is 10.1. The monoisotopic (exact) mass is 275 g/mol. The number of hydrogen-bond acceptors (Lipinski definition) is 5. The molecule has 0 saturated heterocycles. The molecule has 2 N–H and O–H groups in total. The highest BCUT2D eigenvalue weighted by molar-refractivity contribution is 5.97. The molecule has 1 aromatic carbocycles. The van der Waals surface area contributed by atoms with E-state index in [9.17, 15) is 9.59 Å². The number of carboxylic acids is 1. The van der Waals surface area contributed by atoms with E-state index in [2.05, 4.69) is 15.5 Å². The summed E-state index contributed by atoms with van der Waals surface area (Å²) in [4.78, 5) is 26.7. The van der Waals surface area contributed by atoms with Crippen LogP contribution < -0.4 is 5.32 Å². The lowest BCUT2D eigenvalue weighted by molar-refractivity contribution is -0.138. The first kappa shape index (κ1) is 13.7. The second-order valence-electron chi connectivity index (χ2n) is 4.25. The van der Waals surface area contributed by atoms with Crippen LogP contribution in [0.4, 0.5) is 0 Å². The predicted molar refractivity (Wildman–Crippen MR) is 69.0 cm³/mol. The van der Waals surface area contributed by atoms with Gasteiger partial charge in [0.15, 0.2) is 0 Å². The highest BCUT2D eigenvalue weighted by atomic mass is 16.5. The van der Waals surface area contributed by atoms with Crippen LogP contribution in [-0.2, 0) is 4.79 Å². The zero-order valence-corrected chi connectivity index (χ0v) is 11.0. The summed E-state index contributed by atoms with van der Waals surface area (Å²) >= 11 is 0. The number of nitrogens with one attached hydrogen (secondary N) is 1. The molecule has 1 aromatic heterocycles. The number of benzene rings is 1. The number of carbonyl (C=O) groups excluding carboxylic acids is 1. The van der Waals surface area contributed by atoms with E-state index in [0.29, 0.717) is 22.8 Å². The minimum Gasteiger partial charge on any atom is -0.480 e. The summed E-state index contributed by atoms with van der Waals surface area (Å²) in [7, 11) is 0. The highest BCUT2D eigenvalue weighted by Crippen LogP contribution is 2.17. The SMILES string of the molecule is Cc1nc(-c2cccc(C(=O)NC(C)C(=O)O)c2)no1. The average molecular weight is 275 g/mol. The smallest absolute Gasteiger partial charge is 0.325 e. The number of carboxylic acid groups (broad SMARTS) is 1. The molecule has 1 amide bonds. The minimum absolute atomic E-state index is 0.332. The average Bonchev–Trinajstić information content (AvgIpc) is 2.85. The maximum Gasteiger partial charge on any atom is 0.325 e. The van der Waals surface area contributed by atoms with Crippen LogP contribution in [0.2, 0.25) is 0 Å². The molecule has 7 nitrogen and oxygen atoms in total. The van der Waals surface area contributed by atoms with Crippen molar-refractivity contribution in [3.63, 3.8) is 0 Å². The number of aliphatic carboxylic acids is 1. The summed E-state index contributed by atoms with van der Waals surface area (Å²) in [6.07, 6.45) is 0. The molecular formula is C13H13N3O4. The van der Waals surface area contributed by atoms with Crippen LogP contribution in [0, 0.1) is 6.92 Å². The van der Waals surface area contributed by atoms with E-state index in [0.717, 1.165) is 0 Å². The molecule has 0 bridgehead atoms. The van der Waals surface area contributed by atoms with E-state index < -0.39 is 17.9 Å². The van der Waals surface area contributed by atoms with Gasteiger partial charge in [-0.3, -0.25) is 9.59 Å². The summed E-state index contributed by atoms with van der Waals surface area (Å²) in [5.74, 6) is -0.761. The van der Waals surface area contributed by atoms with Gasteiger partial charge in [0.05, 0.1) is 0 Å². The Bertz CT molecular complexity index is 651. The van der Waals surface area contributed by atoms with Crippen molar-refractivity contribution < 1.29 is 19.2 Å². The van der Waals surface area contributed by atoms with Gasteiger partial charge in [-0.1, -0.05) is 17.3 Å². The van der Waals surface area contributed by atoms with Crippen LogP contribution in [0.15, 0.2) is 28.8 Å². The first-order valence-electron chi connectivity index (χ1n) is 5.92. The maximum atomic E-state index is 11.9. The molecule has 1 heterocycles. The van der Waals surface area contributed by atoms with Gasteiger partial charge >= 0.3 is 5.97 Å². The minimum atomic E-state index is -1.09. The fourth-order valence-electron chi connectivity index (χ4n) is 1.56. The number of nitrogens with zero attached hydrogens (tertiary/aromatic N) is 2. The van der Waals surface area contributed by atoms with Crippen LogP contribution in [0.1, 0.15) is 23.2 Å². The fourth-order valence-corrected chi connectivity index (χ4v) is 1.56. The van der Waals surface area contributed by atoms with Crippen molar-refractivity contribution >= 4 is 11.9 Å². The summed E-state index contributed by atoms with van der Waals surface area (Å²) in [6.45, 7) is 3.06. The van der Waals surface area contributed by atoms with E-state index >= 15 is 0 Å². The van der Waals surface area contributed by atoms with Crippen molar-refractivity contribution in [1.82, 2.24) is 15.5 Å². The van der Waals surface area contributed by atoms with Crippen molar-refractivity contribution in [3.8, 4) is 11.4 Å². The van der Waals surface area contributed by atoms with E-state index in [-0.39, 0.29) is 0 Å². The van der Waals surface area contributed by atoms with Gasteiger partial charge in [0.1, 0.15) is 6.04 Å². The normalized spacial score (nSPS) is 11.9.